The lowest BCUT2D eigenvalue weighted by Gasteiger charge is -2.11. The quantitative estimate of drug-likeness (QED) is 0.743. The van der Waals surface area contributed by atoms with Crippen LogP contribution in [0.5, 0.6) is 0 Å². The van der Waals surface area contributed by atoms with Gasteiger partial charge in [-0.3, -0.25) is 4.98 Å². The van der Waals surface area contributed by atoms with Crippen LogP contribution in [0.3, 0.4) is 0 Å². The molecule has 0 aliphatic carbocycles. The Kier molecular flexibility index (Phi) is 2.57. The third kappa shape index (κ3) is 1.76. The molecule has 1 atom stereocenters. The second kappa shape index (κ2) is 4.23. The molecule has 0 spiro atoms. The monoisotopic (exact) mass is 238 g/mol. The van der Waals surface area contributed by atoms with Crippen LogP contribution in [-0.2, 0) is 0 Å². The van der Waals surface area contributed by atoms with E-state index in [2.05, 4.69) is 16.9 Å². The lowest BCUT2D eigenvalue weighted by molar-refractivity contribution is 0.809. The Hall–Kier alpha value is -2.20. The van der Waals surface area contributed by atoms with Gasteiger partial charge in [-0.25, -0.2) is 4.98 Å². The van der Waals surface area contributed by atoms with Gasteiger partial charge in [0, 0.05) is 18.6 Å². The second-order valence-corrected chi connectivity index (χ2v) is 4.38. The number of imidazole rings is 1. The molecule has 2 N–H and O–H groups in total. The molecule has 0 saturated carbocycles. The molecule has 0 aliphatic heterocycles. The molecule has 0 aromatic carbocycles. The second-order valence-electron chi connectivity index (χ2n) is 4.38. The molecule has 4 nitrogen and oxygen atoms in total. The standard InChI is InChI=1S/C14H14N4/c1-10-4-6-18-12(9-17-13(18)7-10)14(15)11-3-2-5-16-8-11/h2-9,14H,15H2,1H3. The summed E-state index contributed by atoms with van der Waals surface area (Å²) in [7, 11) is 0. The Morgan fingerprint density at radius 3 is 2.94 bits per heavy atom. The Bertz CT molecular complexity index is 673. The molecular weight excluding hydrogens is 224 g/mol. The molecule has 0 fully saturated rings. The molecular formula is C14H14N4. The van der Waals surface area contributed by atoms with Crippen LogP contribution in [0.25, 0.3) is 5.65 Å². The number of hydrogen-bond acceptors (Lipinski definition) is 3. The van der Waals surface area contributed by atoms with Crippen molar-refractivity contribution in [3.8, 4) is 0 Å². The van der Waals surface area contributed by atoms with Crippen LogP contribution < -0.4 is 5.73 Å². The fourth-order valence-corrected chi connectivity index (χ4v) is 2.06. The van der Waals surface area contributed by atoms with Gasteiger partial charge in [-0.05, 0) is 36.2 Å². The van der Waals surface area contributed by atoms with Crippen LogP contribution in [0.15, 0.2) is 49.1 Å². The maximum absolute atomic E-state index is 6.26. The summed E-state index contributed by atoms with van der Waals surface area (Å²) in [5, 5.41) is 0. The first kappa shape index (κ1) is 10.9. The van der Waals surface area contributed by atoms with Gasteiger partial charge < -0.3 is 10.1 Å². The number of fused-ring (bicyclic) bond motifs is 1. The van der Waals surface area contributed by atoms with Gasteiger partial charge >= 0.3 is 0 Å². The summed E-state index contributed by atoms with van der Waals surface area (Å²) in [5.41, 5.74) is 10.3. The molecule has 1 unspecified atom stereocenters. The minimum absolute atomic E-state index is 0.212. The van der Waals surface area contributed by atoms with E-state index in [-0.39, 0.29) is 6.04 Å². The molecule has 3 aromatic heterocycles. The predicted molar refractivity (Wildman–Crippen MR) is 70.2 cm³/mol. The van der Waals surface area contributed by atoms with Crippen molar-refractivity contribution in [2.24, 2.45) is 5.73 Å². The zero-order valence-electron chi connectivity index (χ0n) is 10.1. The van der Waals surface area contributed by atoms with E-state index in [1.165, 1.54) is 5.56 Å². The highest BCUT2D eigenvalue weighted by Gasteiger charge is 2.13. The Morgan fingerprint density at radius 1 is 1.28 bits per heavy atom. The topological polar surface area (TPSA) is 56.2 Å². The summed E-state index contributed by atoms with van der Waals surface area (Å²) in [6.45, 7) is 2.05. The average molecular weight is 238 g/mol. The average Bonchev–Trinajstić information content (AvgIpc) is 2.81. The first-order valence-corrected chi connectivity index (χ1v) is 5.85. The van der Waals surface area contributed by atoms with Gasteiger partial charge in [-0.15, -0.1) is 0 Å². The zero-order chi connectivity index (χ0) is 12.5. The fraction of sp³-hybridized carbons (Fsp3) is 0.143. The smallest absolute Gasteiger partial charge is 0.137 e. The van der Waals surface area contributed by atoms with E-state index < -0.39 is 0 Å². The summed E-state index contributed by atoms with van der Waals surface area (Å²) in [5.74, 6) is 0. The maximum atomic E-state index is 6.26. The van der Waals surface area contributed by atoms with Gasteiger partial charge in [-0.2, -0.15) is 0 Å². The zero-order valence-corrected chi connectivity index (χ0v) is 10.1. The van der Waals surface area contributed by atoms with Crippen LogP contribution in [0.2, 0.25) is 0 Å². The van der Waals surface area contributed by atoms with Crippen LogP contribution >= 0.6 is 0 Å². The molecule has 0 radical (unpaired) electrons. The number of aryl methyl sites for hydroxylation is 1. The maximum Gasteiger partial charge on any atom is 0.137 e. The van der Waals surface area contributed by atoms with Crippen LogP contribution in [0.1, 0.15) is 22.9 Å². The van der Waals surface area contributed by atoms with Crippen molar-refractivity contribution in [2.45, 2.75) is 13.0 Å². The SMILES string of the molecule is Cc1ccn2c(C(N)c3cccnc3)cnc2c1. The predicted octanol–water partition coefficient (Wildman–Crippen LogP) is 2.09. The summed E-state index contributed by atoms with van der Waals surface area (Å²) < 4.78 is 2.02. The molecule has 0 amide bonds. The van der Waals surface area contributed by atoms with Gasteiger partial charge in [0.05, 0.1) is 17.9 Å². The highest BCUT2D eigenvalue weighted by molar-refractivity contribution is 5.44. The normalized spacial score (nSPS) is 12.8. The van der Waals surface area contributed by atoms with E-state index in [4.69, 9.17) is 5.73 Å². The van der Waals surface area contributed by atoms with Gasteiger partial charge in [0.1, 0.15) is 5.65 Å². The molecule has 0 aliphatic rings. The van der Waals surface area contributed by atoms with Crippen molar-refractivity contribution < 1.29 is 0 Å². The number of nitrogens with two attached hydrogens (primary N) is 1. The van der Waals surface area contributed by atoms with Gasteiger partial charge in [-0.1, -0.05) is 6.07 Å². The van der Waals surface area contributed by atoms with E-state index in [1.54, 1.807) is 12.4 Å². The van der Waals surface area contributed by atoms with Crippen LogP contribution in [-0.4, -0.2) is 14.4 Å². The molecule has 3 rings (SSSR count). The van der Waals surface area contributed by atoms with Gasteiger partial charge in [0.2, 0.25) is 0 Å². The third-order valence-electron chi connectivity index (χ3n) is 3.06. The van der Waals surface area contributed by atoms with E-state index in [0.717, 1.165) is 16.9 Å². The van der Waals surface area contributed by atoms with Crippen LogP contribution in [0.4, 0.5) is 0 Å². The summed E-state index contributed by atoms with van der Waals surface area (Å²) in [6.07, 6.45) is 7.36. The van der Waals surface area contributed by atoms with E-state index >= 15 is 0 Å². The number of hydrogen-bond donors (Lipinski definition) is 1. The van der Waals surface area contributed by atoms with E-state index in [1.807, 2.05) is 41.1 Å². The summed E-state index contributed by atoms with van der Waals surface area (Å²) in [4.78, 5) is 8.49. The van der Waals surface area contributed by atoms with Gasteiger partial charge in [0.15, 0.2) is 0 Å². The Balaban J connectivity index is 2.10. The summed E-state index contributed by atoms with van der Waals surface area (Å²) in [6, 6.07) is 7.75. The summed E-state index contributed by atoms with van der Waals surface area (Å²) >= 11 is 0. The minimum Gasteiger partial charge on any atom is -0.319 e. The molecule has 0 bridgehead atoms. The van der Waals surface area contributed by atoms with Crippen molar-refractivity contribution in [1.29, 1.82) is 0 Å². The first-order valence-electron chi connectivity index (χ1n) is 5.85. The van der Waals surface area contributed by atoms with Crippen molar-refractivity contribution >= 4 is 5.65 Å². The Morgan fingerprint density at radius 2 is 2.17 bits per heavy atom. The van der Waals surface area contributed by atoms with Crippen molar-refractivity contribution in [2.75, 3.05) is 0 Å². The number of pyridine rings is 2. The molecule has 3 aromatic rings. The molecule has 3 heterocycles. The molecule has 4 heteroatoms. The lowest BCUT2D eigenvalue weighted by atomic mass is 10.1. The third-order valence-corrected chi connectivity index (χ3v) is 3.06. The highest BCUT2D eigenvalue weighted by atomic mass is 15.0. The van der Waals surface area contributed by atoms with Gasteiger partial charge in [0.25, 0.3) is 0 Å². The highest BCUT2D eigenvalue weighted by Crippen LogP contribution is 2.20. The Labute approximate surface area is 105 Å². The molecule has 90 valence electrons. The van der Waals surface area contributed by atoms with E-state index in [9.17, 15) is 0 Å². The first-order chi connectivity index (χ1) is 8.75. The number of rotatable bonds is 2. The molecule has 0 saturated heterocycles. The van der Waals surface area contributed by atoms with Crippen molar-refractivity contribution in [3.05, 3.63) is 65.9 Å². The minimum atomic E-state index is -0.212. The largest absolute Gasteiger partial charge is 0.319 e. The molecule has 18 heavy (non-hydrogen) atoms. The number of aromatic nitrogens is 3. The van der Waals surface area contributed by atoms with E-state index in [0.29, 0.717) is 0 Å². The van der Waals surface area contributed by atoms with Crippen molar-refractivity contribution in [1.82, 2.24) is 14.4 Å². The van der Waals surface area contributed by atoms with Crippen molar-refractivity contribution in [3.63, 3.8) is 0 Å². The lowest BCUT2D eigenvalue weighted by Crippen LogP contribution is -2.14. The number of nitrogens with zero attached hydrogens (tertiary/aromatic N) is 3. The van der Waals surface area contributed by atoms with Crippen LogP contribution in [0, 0.1) is 6.92 Å². The fourth-order valence-electron chi connectivity index (χ4n) is 2.06.